The highest BCUT2D eigenvalue weighted by Gasteiger charge is 2.22. The Labute approximate surface area is 172 Å². The summed E-state index contributed by atoms with van der Waals surface area (Å²) in [4.78, 5) is 14.7. The standard InChI is InChI=1S/C23H27N3O3/c1-17-13-26(14-18(2)29-17)15-20-5-3-4-6-22(20)25-23(27)16-28-21-9-7-19(8-10-21)11-12-24/h3-10,17-18H,11,13-16H2,1-2H3,(H,25,27). The lowest BCUT2D eigenvalue weighted by Crippen LogP contribution is -2.44. The number of ether oxygens (including phenoxy) is 2. The predicted octanol–water partition coefficient (Wildman–Crippen LogP) is 3.38. The molecule has 0 saturated carbocycles. The maximum absolute atomic E-state index is 12.4. The molecule has 152 valence electrons. The third-order valence-electron chi connectivity index (χ3n) is 4.76. The Morgan fingerprint density at radius 1 is 1.17 bits per heavy atom. The van der Waals surface area contributed by atoms with E-state index in [1.54, 1.807) is 12.1 Å². The number of nitriles is 1. The topological polar surface area (TPSA) is 74.6 Å². The molecule has 0 radical (unpaired) electrons. The van der Waals surface area contributed by atoms with Crippen LogP contribution in [0.25, 0.3) is 0 Å². The van der Waals surface area contributed by atoms with Gasteiger partial charge in [-0.3, -0.25) is 9.69 Å². The summed E-state index contributed by atoms with van der Waals surface area (Å²) in [6, 6.07) is 17.2. The van der Waals surface area contributed by atoms with E-state index in [9.17, 15) is 4.79 Å². The number of hydrogen-bond donors (Lipinski definition) is 1. The monoisotopic (exact) mass is 393 g/mol. The molecular formula is C23H27N3O3. The summed E-state index contributed by atoms with van der Waals surface area (Å²) < 4.78 is 11.4. The van der Waals surface area contributed by atoms with E-state index >= 15 is 0 Å². The Kier molecular flexibility index (Phi) is 7.23. The van der Waals surface area contributed by atoms with Crippen LogP contribution in [-0.2, 0) is 22.5 Å². The Hall–Kier alpha value is -2.88. The molecule has 6 nitrogen and oxygen atoms in total. The number of amides is 1. The van der Waals surface area contributed by atoms with Gasteiger partial charge in [-0.2, -0.15) is 5.26 Å². The van der Waals surface area contributed by atoms with Crippen LogP contribution >= 0.6 is 0 Å². The summed E-state index contributed by atoms with van der Waals surface area (Å²) in [5.74, 6) is 0.397. The van der Waals surface area contributed by atoms with Gasteiger partial charge < -0.3 is 14.8 Å². The Bertz CT molecular complexity index is 850. The van der Waals surface area contributed by atoms with E-state index in [4.69, 9.17) is 14.7 Å². The zero-order chi connectivity index (χ0) is 20.6. The number of benzene rings is 2. The second-order valence-corrected chi connectivity index (χ2v) is 7.42. The Morgan fingerprint density at radius 2 is 1.86 bits per heavy atom. The van der Waals surface area contributed by atoms with Gasteiger partial charge in [-0.05, 0) is 43.2 Å². The molecule has 1 saturated heterocycles. The van der Waals surface area contributed by atoms with Gasteiger partial charge in [-0.25, -0.2) is 0 Å². The van der Waals surface area contributed by atoms with Crippen LogP contribution in [0.4, 0.5) is 5.69 Å². The van der Waals surface area contributed by atoms with E-state index < -0.39 is 0 Å². The van der Waals surface area contributed by atoms with Crippen LogP contribution in [0, 0.1) is 11.3 Å². The SMILES string of the molecule is CC1CN(Cc2ccccc2NC(=O)COc2ccc(CC#N)cc2)CC(C)O1. The van der Waals surface area contributed by atoms with Gasteiger partial charge in [0.1, 0.15) is 5.75 Å². The number of para-hydroxylation sites is 1. The molecule has 1 aliphatic heterocycles. The highest BCUT2D eigenvalue weighted by molar-refractivity contribution is 5.92. The number of carbonyl (C=O) groups excluding carboxylic acids is 1. The highest BCUT2D eigenvalue weighted by atomic mass is 16.5. The van der Waals surface area contributed by atoms with Crippen molar-refractivity contribution in [3.8, 4) is 11.8 Å². The molecule has 2 unspecified atom stereocenters. The van der Waals surface area contributed by atoms with E-state index in [1.807, 2.05) is 36.4 Å². The van der Waals surface area contributed by atoms with Gasteiger partial charge in [-0.1, -0.05) is 30.3 Å². The van der Waals surface area contributed by atoms with Crippen LogP contribution in [0.5, 0.6) is 5.75 Å². The van der Waals surface area contributed by atoms with Crippen LogP contribution in [0.2, 0.25) is 0 Å². The van der Waals surface area contributed by atoms with Crippen molar-refractivity contribution in [2.24, 2.45) is 0 Å². The number of rotatable bonds is 7. The van der Waals surface area contributed by atoms with Crippen LogP contribution in [-0.4, -0.2) is 42.7 Å². The number of nitrogens with one attached hydrogen (secondary N) is 1. The number of carbonyl (C=O) groups is 1. The Balaban J connectivity index is 1.55. The van der Waals surface area contributed by atoms with Gasteiger partial charge in [0.05, 0.1) is 24.7 Å². The van der Waals surface area contributed by atoms with Gasteiger partial charge in [0.2, 0.25) is 0 Å². The molecule has 0 spiro atoms. The summed E-state index contributed by atoms with van der Waals surface area (Å²) in [6.07, 6.45) is 0.764. The van der Waals surface area contributed by atoms with Gasteiger partial charge in [-0.15, -0.1) is 0 Å². The minimum Gasteiger partial charge on any atom is -0.484 e. The molecule has 0 bridgehead atoms. The summed E-state index contributed by atoms with van der Waals surface area (Å²) in [7, 11) is 0. The van der Waals surface area contributed by atoms with E-state index in [1.165, 1.54) is 0 Å². The van der Waals surface area contributed by atoms with E-state index in [-0.39, 0.29) is 24.7 Å². The van der Waals surface area contributed by atoms with Crippen LogP contribution in [0.3, 0.4) is 0 Å². The van der Waals surface area contributed by atoms with Gasteiger partial charge >= 0.3 is 0 Å². The molecule has 1 aliphatic rings. The van der Waals surface area contributed by atoms with Crippen LogP contribution in [0.15, 0.2) is 48.5 Å². The molecule has 2 aromatic rings. The summed E-state index contributed by atoms with van der Waals surface area (Å²) in [5, 5.41) is 11.7. The molecule has 6 heteroatoms. The third-order valence-corrected chi connectivity index (χ3v) is 4.76. The number of nitrogens with zero attached hydrogens (tertiary/aromatic N) is 2. The third kappa shape index (κ3) is 6.31. The molecule has 1 N–H and O–H groups in total. The van der Waals surface area contributed by atoms with Crippen molar-refractivity contribution in [1.29, 1.82) is 5.26 Å². The molecule has 3 rings (SSSR count). The molecular weight excluding hydrogens is 366 g/mol. The van der Waals surface area contributed by atoms with Crippen molar-refractivity contribution in [2.45, 2.75) is 39.0 Å². The number of hydrogen-bond acceptors (Lipinski definition) is 5. The molecule has 1 heterocycles. The first-order valence-electron chi connectivity index (χ1n) is 9.87. The highest BCUT2D eigenvalue weighted by Crippen LogP contribution is 2.20. The first-order valence-corrected chi connectivity index (χ1v) is 9.87. The van der Waals surface area contributed by atoms with Crippen molar-refractivity contribution in [1.82, 2.24) is 4.90 Å². The van der Waals surface area contributed by atoms with E-state index in [0.717, 1.165) is 36.4 Å². The number of morpholine rings is 1. The van der Waals surface area contributed by atoms with Crippen molar-refractivity contribution in [2.75, 3.05) is 25.0 Å². The first kappa shape index (κ1) is 20.8. The smallest absolute Gasteiger partial charge is 0.262 e. The average Bonchev–Trinajstić information content (AvgIpc) is 2.68. The van der Waals surface area contributed by atoms with Crippen LogP contribution < -0.4 is 10.1 Å². The number of anilines is 1. The normalized spacial score (nSPS) is 19.3. The zero-order valence-corrected chi connectivity index (χ0v) is 16.9. The molecule has 2 atom stereocenters. The second kappa shape index (κ2) is 10.1. The lowest BCUT2D eigenvalue weighted by atomic mass is 10.1. The van der Waals surface area contributed by atoms with Crippen molar-refractivity contribution in [3.05, 3.63) is 59.7 Å². The molecule has 0 aromatic heterocycles. The molecule has 1 fully saturated rings. The minimum absolute atomic E-state index is 0.0719. The minimum atomic E-state index is -0.206. The molecule has 1 amide bonds. The van der Waals surface area contributed by atoms with E-state index in [0.29, 0.717) is 12.2 Å². The maximum Gasteiger partial charge on any atom is 0.262 e. The molecule has 29 heavy (non-hydrogen) atoms. The van der Waals surface area contributed by atoms with Crippen molar-refractivity contribution >= 4 is 11.6 Å². The summed E-state index contributed by atoms with van der Waals surface area (Å²) in [6.45, 7) is 6.60. The zero-order valence-electron chi connectivity index (χ0n) is 16.9. The average molecular weight is 393 g/mol. The van der Waals surface area contributed by atoms with Crippen molar-refractivity contribution < 1.29 is 14.3 Å². The van der Waals surface area contributed by atoms with Gasteiger partial charge in [0.15, 0.2) is 6.61 Å². The second-order valence-electron chi connectivity index (χ2n) is 7.42. The fraction of sp³-hybridized carbons (Fsp3) is 0.391. The fourth-order valence-corrected chi connectivity index (χ4v) is 3.56. The molecule has 0 aliphatic carbocycles. The largest absolute Gasteiger partial charge is 0.484 e. The Morgan fingerprint density at radius 3 is 2.55 bits per heavy atom. The fourth-order valence-electron chi connectivity index (χ4n) is 3.56. The van der Waals surface area contributed by atoms with E-state index in [2.05, 4.69) is 30.1 Å². The summed E-state index contributed by atoms with van der Waals surface area (Å²) >= 11 is 0. The van der Waals surface area contributed by atoms with Crippen LogP contribution in [0.1, 0.15) is 25.0 Å². The quantitative estimate of drug-likeness (QED) is 0.781. The predicted molar refractivity (Wildman–Crippen MR) is 112 cm³/mol. The lowest BCUT2D eigenvalue weighted by Gasteiger charge is -2.35. The molecule has 2 aromatic carbocycles. The maximum atomic E-state index is 12.4. The summed E-state index contributed by atoms with van der Waals surface area (Å²) in [5.41, 5.74) is 2.80. The van der Waals surface area contributed by atoms with Gasteiger partial charge in [0.25, 0.3) is 5.91 Å². The lowest BCUT2D eigenvalue weighted by molar-refractivity contribution is -0.118. The van der Waals surface area contributed by atoms with Gasteiger partial charge in [0, 0.05) is 25.3 Å². The first-order chi connectivity index (χ1) is 14.0. The van der Waals surface area contributed by atoms with Crippen molar-refractivity contribution in [3.63, 3.8) is 0 Å².